The van der Waals surface area contributed by atoms with Crippen LogP contribution in [0.2, 0.25) is 0 Å². The molecular weight excluding hydrogens is 260 g/mol. The van der Waals surface area contributed by atoms with Crippen LogP contribution in [0.1, 0.15) is 37.5 Å². The van der Waals surface area contributed by atoms with Crippen LogP contribution in [0, 0.1) is 20.8 Å². The molecule has 1 aromatic heterocycles. The topological polar surface area (TPSA) is 92.4 Å². The summed E-state index contributed by atoms with van der Waals surface area (Å²) in [4.78, 5) is 27.5. The number of aromatic nitrogens is 1. The lowest BCUT2D eigenvalue weighted by atomic mass is 9.96. The average molecular weight is 274 g/mol. The van der Waals surface area contributed by atoms with Crippen LogP contribution >= 0.6 is 0 Å². The molecule has 0 spiro atoms. The number of benzene rings is 1. The van der Waals surface area contributed by atoms with Gasteiger partial charge in [0.2, 0.25) is 0 Å². The predicted molar refractivity (Wildman–Crippen MR) is 72.1 cm³/mol. The molecule has 0 saturated heterocycles. The predicted octanol–water partition coefficient (Wildman–Crippen LogP) is 2.55. The number of anilines is 1. The zero-order chi connectivity index (χ0) is 14.9. The molecule has 6 nitrogen and oxygen atoms in total. The van der Waals surface area contributed by atoms with Gasteiger partial charge in [0.15, 0.2) is 0 Å². The summed E-state index contributed by atoms with van der Waals surface area (Å²) in [7, 11) is 0. The van der Waals surface area contributed by atoms with Gasteiger partial charge in [-0.05, 0) is 31.9 Å². The van der Waals surface area contributed by atoms with Gasteiger partial charge in [-0.2, -0.15) is 4.98 Å². The molecule has 1 amide bonds. The quantitative estimate of drug-likeness (QED) is 0.897. The molecule has 2 N–H and O–H groups in total. The second kappa shape index (κ2) is 5.16. The standard InChI is InChI=1S/C14H14N2O4/c1-7-4-5-8(2)11(13(18)19)10(7)12(17)16-14-15-9(3)6-20-14/h4-6H,1-3H3,(H,18,19)(H,15,16,17). The number of nitrogens with zero attached hydrogens (tertiary/aromatic N) is 1. The van der Waals surface area contributed by atoms with Crippen molar-refractivity contribution in [3.05, 3.63) is 46.3 Å². The van der Waals surface area contributed by atoms with E-state index in [0.29, 0.717) is 16.8 Å². The zero-order valence-corrected chi connectivity index (χ0v) is 11.4. The van der Waals surface area contributed by atoms with Crippen LogP contribution in [0.3, 0.4) is 0 Å². The molecule has 0 saturated carbocycles. The maximum absolute atomic E-state index is 12.2. The van der Waals surface area contributed by atoms with Gasteiger partial charge in [-0.15, -0.1) is 0 Å². The van der Waals surface area contributed by atoms with Crippen molar-refractivity contribution in [2.75, 3.05) is 5.32 Å². The number of carbonyl (C=O) groups is 2. The molecule has 2 aromatic rings. The molecule has 20 heavy (non-hydrogen) atoms. The van der Waals surface area contributed by atoms with E-state index < -0.39 is 11.9 Å². The summed E-state index contributed by atoms with van der Waals surface area (Å²) in [6.45, 7) is 5.05. The van der Waals surface area contributed by atoms with E-state index in [1.165, 1.54) is 6.26 Å². The Morgan fingerprint density at radius 3 is 2.25 bits per heavy atom. The summed E-state index contributed by atoms with van der Waals surface area (Å²) in [5.41, 5.74) is 1.84. The summed E-state index contributed by atoms with van der Waals surface area (Å²) >= 11 is 0. The third kappa shape index (κ3) is 2.54. The Balaban J connectivity index is 2.43. The molecule has 0 atom stereocenters. The number of nitrogens with one attached hydrogen (secondary N) is 1. The Morgan fingerprint density at radius 2 is 1.75 bits per heavy atom. The van der Waals surface area contributed by atoms with Crippen LogP contribution in [0.15, 0.2) is 22.8 Å². The largest absolute Gasteiger partial charge is 0.478 e. The third-order valence-electron chi connectivity index (χ3n) is 2.90. The number of oxazole rings is 1. The molecule has 0 bridgehead atoms. The summed E-state index contributed by atoms with van der Waals surface area (Å²) < 4.78 is 5.04. The number of amides is 1. The Morgan fingerprint density at radius 1 is 1.15 bits per heavy atom. The van der Waals surface area contributed by atoms with Crippen molar-refractivity contribution in [3.63, 3.8) is 0 Å². The van der Waals surface area contributed by atoms with E-state index in [4.69, 9.17) is 4.42 Å². The molecular formula is C14H14N2O4. The second-order valence-electron chi connectivity index (χ2n) is 4.50. The van der Waals surface area contributed by atoms with Crippen LogP contribution in [-0.4, -0.2) is 22.0 Å². The Bertz CT molecular complexity index is 688. The molecule has 1 heterocycles. The van der Waals surface area contributed by atoms with Crippen molar-refractivity contribution in [1.29, 1.82) is 0 Å². The van der Waals surface area contributed by atoms with Crippen molar-refractivity contribution in [2.45, 2.75) is 20.8 Å². The number of aromatic carboxylic acids is 1. The van der Waals surface area contributed by atoms with Crippen molar-refractivity contribution >= 4 is 17.9 Å². The number of rotatable bonds is 3. The van der Waals surface area contributed by atoms with Gasteiger partial charge in [-0.25, -0.2) is 4.79 Å². The Kier molecular flexibility index (Phi) is 3.56. The van der Waals surface area contributed by atoms with Crippen molar-refractivity contribution in [1.82, 2.24) is 4.98 Å². The van der Waals surface area contributed by atoms with Crippen LogP contribution in [0.4, 0.5) is 6.01 Å². The number of hydrogen-bond donors (Lipinski definition) is 2. The van der Waals surface area contributed by atoms with E-state index in [9.17, 15) is 14.7 Å². The monoisotopic (exact) mass is 274 g/mol. The van der Waals surface area contributed by atoms with Crippen LogP contribution < -0.4 is 5.32 Å². The maximum Gasteiger partial charge on any atom is 0.336 e. The molecule has 0 radical (unpaired) electrons. The molecule has 1 aromatic carbocycles. The summed E-state index contributed by atoms with van der Waals surface area (Å²) in [6, 6.07) is 3.42. The average Bonchev–Trinajstić information content (AvgIpc) is 2.76. The highest BCUT2D eigenvalue weighted by molar-refractivity contribution is 6.11. The molecule has 2 rings (SSSR count). The van der Waals surface area contributed by atoms with Crippen molar-refractivity contribution in [2.24, 2.45) is 0 Å². The van der Waals surface area contributed by atoms with Gasteiger partial charge in [0.05, 0.1) is 16.8 Å². The highest BCUT2D eigenvalue weighted by atomic mass is 16.4. The number of hydrogen-bond acceptors (Lipinski definition) is 4. The normalized spacial score (nSPS) is 10.3. The molecule has 0 aliphatic carbocycles. The van der Waals surface area contributed by atoms with E-state index in [0.717, 1.165) is 0 Å². The van der Waals surface area contributed by atoms with Gasteiger partial charge >= 0.3 is 12.0 Å². The van der Waals surface area contributed by atoms with Crippen molar-refractivity contribution < 1.29 is 19.1 Å². The number of carboxylic acid groups (broad SMARTS) is 1. The maximum atomic E-state index is 12.2. The number of carbonyl (C=O) groups excluding carboxylic acids is 1. The first-order valence-electron chi connectivity index (χ1n) is 5.97. The van der Waals surface area contributed by atoms with E-state index in [2.05, 4.69) is 10.3 Å². The minimum atomic E-state index is -1.14. The second-order valence-corrected chi connectivity index (χ2v) is 4.50. The van der Waals surface area contributed by atoms with Crippen LogP contribution in [0.25, 0.3) is 0 Å². The minimum Gasteiger partial charge on any atom is -0.478 e. The van der Waals surface area contributed by atoms with Gasteiger partial charge in [-0.3, -0.25) is 10.1 Å². The van der Waals surface area contributed by atoms with Gasteiger partial charge in [0.1, 0.15) is 6.26 Å². The summed E-state index contributed by atoms with van der Waals surface area (Å²) in [6.07, 6.45) is 1.40. The molecule has 0 aliphatic rings. The first kappa shape index (κ1) is 13.8. The van der Waals surface area contributed by atoms with Crippen LogP contribution in [-0.2, 0) is 0 Å². The smallest absolute Gasteiger partial charge is 0.336 e. The van der Waals surface area contributed by atoms with Crippen molar-refractivity contribution in [3.8, 4) is 0 Å². The zero-order valence-electron chi connectivity index (χ0n) is 11.4. The third-order valence-corrected chi connectivity index (χ3v) is 2.90. The Labute approximate surface area is 115 Å². The highest BCUT2D eigenvalue weighted by Gasteiger charge is 2.22. The van der Waals surface area contributed by atoms with Gasteiger partial charge < -0.3 is 9.52 Å². The fourth-order valence-electron chi connectivity index (χ4n) is 1.95. The van der Waals surface area contributed by atoms with Crippen LogP contribution in [0.5, 0.6) is 0 Å². The van der Waals surface area contributed by atoms with Gasteiger partial charge in [0.25, 0.3) is 5.91 Å². The molecule has 6 heteroatoms. The lowest BCUT2D eigenvalue weighted by Gasteiger charge is -2.11. The number of carboxylic acids is 1. The SMILES string of the molecule is Cc1coc(NC(=O)c2c(C)ccc(C)c2C(=O)O)n1. The van der Waals surface area contributed by atoms with E-state index >= 15 is 0 Å². The van der Waals surface area contributed by atoms with E-state index in [1.807, 2.05) is 0 Å². The minimum absolute atomic E-state index is 0.00854. The summed E-state index contributed by atoms with van der Waals surface area (Å²) in [5, 5.41) is 11.7. The van der Waals surface area contributed by atoms with Gasteiger partial charge in [-0.1, -0.05) is 12.1 Å². The fourth-order valence-corrected chi connectivity index (χ4v) is 1.95. The highest BCUT2D eigenvalue weighted by Crippen LogP contribution is 2.20. The van der Waals surface area contributed by atoms with E-state index in [-0.39, 0.29) is 17.1 Å². The lowest BCUT2D eigenvalue weighted by molar-refractivity contribution is 0.0691. The molecule has 0 unspecified atom stereocenters. The van der Waals surface area contributed by atoms with Gasteiger partial charge in [0, 0.05) is 0 Å². The lowest BCUT2D eigenvalue weighted by Crippen LogP contribution is -2.19. The molecule has 104 valence electrons. The Hall–Kier alpha value is -2.63. The first-order valence-corrected chi connectivity index (χ1v) is 5.97. The van der Waals surface area contributed by atoms with E-state index in [1.54, 1.807) is 32.9 Å². The molecule has 0 fully saturated rings. The first-order chi connectivity index (χ1) is 9.40. The summed E-state index contributed by atoms with van der Waals surface area (Å²) in [5.74, 6) is -1.69. The fraction of sp³-hybridized carbons (Fsp3) is 0.214. The number of aryl methyl sites for hydroxylation is 3. The molecule has 0 aliphatic heterocycles.